The molecule has 18 heavy (non-hydrogen) atoms. The van der Waals surface area contributed by atoms with Crippen LogP contribution in [0.25, 0.3) is 0 Å². The highest BCUT2D eigenvalue weighted by molar-refractivity contribution is 5.81. The average Bonchev–Trinajstić information content (AvgIpc) is 2.76. The van der Waals surface area contributed by atoms with Crippen molar-refractivity contribution in [2.24, 2.45) is 10.9 Å². The minimum Gasteiger partial charge on any atom is -0.497 e. The van der Waals surface area contributed by atoms with Crippen LogP contribution in [-0.2, 0) is 0 Å². The third-order valence-corrected chi connectivity index (χ3v) is 3.21. The van der Waals surface area contributed by atoms with E-state index in [2.05, 4.69) is 36.4 Å². The Hall–Kier alpha value is -1.35. The summed E-state index contributed by atoms with van der Waals surface area (Å²) in [5.74, 6) is 2.05. The zero-order chi connectivity index (χ0) is 13.0. The molecule has 1 aromatic rings. The van der Waals surface area contributed by atoms with Crippen molar-refractivity contribution < 1.29 is 4.74 Å². The Morgan fingerprint density at radius 3 is 2.94 bits per heavy atom. The van der Waals surface area contributed by atoms with Crippen LogP contribution in [-0.4, -0.2) is 26.4 Å². The molecule has 3 nitrogen and oxygen atoms in total. The van der Waals surface area contributed by atoms with Crippen LogP contribution >= 0.6 is 0 Å². The van der Waals surface area contributed by atoms with E-state index in [9.17, 15) is 0 Å². The van der Waals surface area contributed by atoms with Gasteiger partial charge in [0.05, 0.1) is 12.8 Å². The molecule has 1 heterocycles. The van der Waals surface area contributed by atoms with Crippen molar-refractivity contribution in [1.82, 2.24) is 5.32 Å². The van der Waals surface area contributed by atoms with Gasteiger partial charge >= 0.3 is 0 Å². The zero-order valence-corrected chi connectivity index (χ0v) is 11.4. The van der Waals surface area contributed by atoms with Crippen LogP contribution in [0.3, 0.4) is 0 Å². The third kappa shape index (κ3) is 3.10. The second-order valence-corrected chi connectivity index (χ2v) is 5.20. The molecular formula is C15H22N2O. The maximum atomic E-state index is 5.27. The van der Waals surface area contributed by atoms with Gasteiger partial charge in [-0.1, -0.05) is 13.8 Å². The first-order valence-electron chi connectivity index (χ1n) is 6.63. The molecule has 3 heteroatoms. The molecule has 0 amide bonds. The lowest BCUT2D eigenvalue weighted by Gasteiger charge is -2.12. The molecule has 0 saturated heterocycles. The fourth-order valence-corrected chi connectivity index (χ4v) is 2.20. The van der Waals surface area contributed by atoms with Gasteiger partial charge in [-0.25, -0.2) is 0 Å². The van der Waals surface area contributed by atoms with Crippen LogP contribution in [0.1, 0.15) is 31.7 Å². The number of aliphatic imine (C=N–C) groups is 1. The number of ether oxygens (including phenoxy) is 1. The lowest BCUT2D eigenvalue weighted by Crippen LogP contribution is -2.22. The van der Waals surface area contributed by atoms with E-state index in [0.717, 1.165) is 30.9 Å². The highest BCUT2D eigenvalue weighted by Crippen LogP contribution is 2.36. The lowest BCUT2D eigenvalue weighted by atomic mass is 9.97. The molecular weight excluding hydrogens is 224 g/mol. The highest BCUT2D eigenvalue weighted by atomic mass is 16.5. The van der Waals surface area contributed by atoms with E-state index >= 15 is 0 Å². The van der Waals surface area contributed by atoms with Crippen molar-refractivity contribution in [1.29, 1.82) is 0 Å². The predicted octanol–water partition coefficient (Wildman–Crippen LogP) is 3.13. The van der Waals surface area contributed by atoms with Gasteiger partial charge in [0.15, 0.2) is 0 Å². The van der Waals surface area contributed by atoms with Crippen molar-refractivity contribution in [3.8, 4) is 5.75 Å². The van der Waals surface area contributed by atoms with E-state index in [1.165, 1.54) is 5.56 Å². The Balaban J connectivity index is 1.92. The topological polar surface area (TPSA) is 33.6 Å². The zero-order valence-electron chi connectivity index (χ0n) is 11.4. The lowest BCUT2D eigenvalue weighted by molar-refractivity contribution is 0.414. The molecule has 1 N–H and O–H groups in total. The van der Waals surface area contributed by atoms with Crippen molar-refractivity contribution >= 4 is 11.9 Å². The van der Waals surface area contributed by atoms with Gasteiger partial charge in [-0.3, -0.25) is 4.99 Å². The number of hydrogen-bond acceptors (Lipinski definition) is 3. The minimum atomic E-state index is 0.426. The third-order valence-electron chi connectivity index (χ3n) is 3.21. The quantitative estimate of drug-likeness (QED) is 0.782. The fourth-order valence-electron chi connectivity index (χ4n) is 2.20. The molecule has 0 radical (unpaired) electrons. The van der Waals surface area contributed by atoms with Crippen LogP contribution in [0.2, 0.25) is 0 Å². The first kappa shape index (κ1) is 13.1. The molecule has 0 aliphatic carbocycles. The highest BCUT2D eigenvalue weighted by Gasteiger charge is 2.19. The smallest absolute Gasteiger partial charge is 0.119 e. The number of nitrogens with zero attached hydrogens (tertiary/aromatic N) is 1. The van der Waals surface area contributed by atoms with Crippen LogP contribution in [0, 0.1) is 5.92 Å². The van der Waals surface area contributed by atoms with E-state index in [1.807, 2.05) is 12.1 Å². The first-order valence-corrected chi connectivity index (χ1v) is 6.63. The predicted molar refractivity (Wildman–Crippen MR) is 76.2 cm³/mol. The number of hydrogen-bond donors (Lipinski definition) is 1. The standard InChI is InChI=1S/C15H22N2O/c1-11(2)9-16-7-6-12-10-17-15-5-4-13(18-3)8-14(12)15/h4-5,8,10-12,16H,6-7,9H2,1-3H3. The van der Waals surface area contributed by atoms with Crippen LogP contribution in [0.5, 0.6) is 5.75 Å². The van der Waals surface area contributed by atoms with E-state index < -0.39 is 0 Å². The van der Waals surface area contributed by atoms with Crippen molar-refractivity contribution in [3.63, 3.8) is 0 Å². The van der Waals surface area contributed by atoms with E-state index in [1.54, 1.807) is 7.11 Å². The summed E-state index contributed by atoms with van der Waals surface area (Å²) in [6.45, 7) is 6.56. The van der Waals surface area contributed by atoms with E-state index in [4.69, 9.17) is 4.74 Å². The molecule has 1 aliphatic rings. The van der Waals surface area contributed by atoms with Crippen LogP contribution < -0.4 is 10.1 Å². The van der Waals surface area contributed by atoms with Gasteiger partial charge in [-0.05, 0) is 49.2 Å². The molecule has 0 bridgehead atoms. The molecule has 0 spiro atoms. The maximum Gasteiger partial charge on any atom is 0.119 e. The van der Waals surface area contributed by atoms with Gasteiger partial charge in [0.1, 0.15) is 5.75 Å². The van der Waals surface area contributed by atoms with E-state index in [0.29, 0.717) is 11.8 Å². The van der Waals surface area contributed by atoms with E-state index in [-0.39, 0.29) is 0 Å². The van der Waals surface area contributed by atoms with Gasteiger partial charge in [0.25, 0.3) is 0 Å². The van der Waals surface area contributed by atoms with Gasteiger partial charge < -0.3 is 10.1 Å². The average molecular weight is 246 g/mol. The molecule has 0 aromatic heterocycles. The first-order chi connectivity index (χ1) is 8.70. The largest absolute Gasteiger partial charge is 0.497 e. The van der Waals surface area contributed by atoms with Crippen LogP contribution in [0.4, 0.5) is 5.69 Å². The number of fused-ring (bicyclic) bond motifs is 1. The minimum absolute atomic E-state index is 0.426. The number of benzene rings is 1. The Labute approximate surface area is 109 Å². The maximum absolute atomic E-state index is 5.27. The summed E-state index contributed by atoms with van der Waals surface area (Å²) in [4.78, 5) is 4.46. The summed E-state index contributed by atoms with van der Waals surface area (Å²) >= 11 is 0. The summed E-state index contributed by atoms with van der Waals surface area (Å²) in [5, 5.41) is 3.48. The summed E-state index contributed by atoms with van der Waals surface area (Å²) in [6, 6.07) is 6.11. The molecule has 1 atom stereocenters. The fraction of sp³-hybridized carbons (Fsp3) is 0.533. The second kappa shape index (κ2) is 6.01. The Morgan fingerprint density at radius 2 is 2.22 bits per heavy atom. The SMILES string of the molecule is COc1ccc2c(c1)C(CCNCC(C)C)C=N2. The summed E-state index contributed by atoms with van der Waals surface area (Å²) in [6.07, 6.45) is 3.15. The normalized spacial score (nSPS) is 17.2. The number of nitrogens with one attached hydrogen (secondary N) is 1. The Morgan fingerprint density at radius 1 is 1.39 bits per heavy atom. The summed E-state index contributed by atoms with van der Waals surface area (Å²) in [5.41, 5.74) is 2.38. The molecule has 0 saturated carbocycles. The van der Waals surface area contributed by atoms with Gasteiger partial charge in [0.2, 0.25) is 0 Å². The number of rotatable bonds is 6. The summed E-state index contributed by atoms with van der Waals surface area (Å²) in [7, 11) is 1.71. The van der Waals surface area contributed by atoms with Crippen molar-refractivity contribution in [3.05, 3.63) is 23.8 Å². The van der Waals surface area contributed by atoms with Gasteiger partial charge in [-0.15, -0.1) is 0 Å². The van der Waals surface area contributed by atoms with Gasteiger partial charge in [-0.2, -0.15) is 0 Å². The van der Waals surface area contributed by atoms with Crippen LogP contribution in [0.15, 0.2) is 23.2 Å². The Kier molecular flexibility index (Phi) is 4.37. The Bertz CT molecular complexity index is 427. The molecule has 0 fully saturated rings. The van der Waals surface area contributed by atoms with Gasteiger partial charge in [0, 0.05) is 12.1 Å². The molecule has 98 valence electrons. The monoisotopic (exact) mass is 246 g/mol. The summed E-state index contributed by atoms with van der Waals surface area (Å²) < 4.78 is 5.27. The molecule has 1 unspecified atom stereocenters. The second-order valence-electron chi connectivity index (χ2n) is 5.20. The molecule has 1 aliphatic heterocycles. The molecule has 1 aromatic carbocycles. The van der Waals surface area contributed by atoms with Crippen molar-refractivity contribution in [2.45, 2.75) is 26.2 Å². The van der Waals surface area contributed by atoms with Crippen molar-refractivity contribution in [2.75, 3.05) is 20.2 Å². The number of methoxy groups -OCH3 is 1. The molecule has 2 rings (SSSR count).